The van der Waals surface area contributed by atoms with Gasteiger partial charge in [-0.2, -0.15) is 0 Å². The van der Waals surface area contributed by atoms with E-state index in [4.69, 9.17) is 9.47 Å². The molecule has 3 heteroatoms. The van der Waals surface area contributed by atoms with E-state index in [0.29, 0.717) is 12.2 Å². The minimum Gasteiger partial charge on any atom is -0.469 e. The molecule has 2 fully saturated rings. The van der Waals surface area contributed by atoms with Crippen LogP contribution in [0.2, 0.25) is 0 Å². The number of hydrogen-bond donors (Lipinski definition) is 0. The van der Waals surface area contributed by atoms with E-state index in [0.717, 1.165) is 31.6 Å². The van der Waals surface area contributed by atoms with Crippen molar-refractivity contribution in [2.24, 2.45) is 11.8 Å². The fraction of sp³-hybridized carbons (Fsp3) is 0.938. The molecule has 0 aromatic heterocycles. The lowest BCUT2D eigenvalue weighted by Crippen LogP contribution is -2.34. The topological polar surface area (TPSA) is 35.5 Å². The lowest BCUT2D eigenvalue weighted by molar-refractivity contribution is -0.148. The lowest BCUT2D eigenvalue weighted by Gasteiger charge is -2.36. The quantitative estimate of drug-likeness (QED) is 0.729. The highest BCUT2D eigenvalue weighted by atomic mass is 16.5. The summed E-state index contributed by atoms with van der Waals surface area (Å²) < 4.78 is 11.2. The van der Waals surface area contributed by atoms with Gasteiger partial charge in [0.1, 0.15) is 0 Å². The molecular formula is C16H28O3. The fourth-order valence-corrected chi connectivity index (χ4v) is 3.67. The van der Waals surface area contributed by atoms with Gasteiger partial charge in [0.25, 0.3) is 0 Å². The maximum Gasteiger partial charge on any atom is 0.308 e. The van der Waals surface area contributed by atoms with E-state index in [1.54, 1.807) is 0 Å². The number of carbonyl (C=O) groups excluding carboxylic acids is 1. The van der Waals surface area contributed by atoms with Gasteiger partial charge in [-0.25, -0.2) is 0 Å². The number of carbonyl (C=O) groups is 1. The Kier molecular flexibility index (Phi) is 5.68. The highest BCUT2D eigenvalue weighted by molar-refractivity contribution is 5.72. The molecular weight excluding hydrogens is 240 g/mol. The van der Waals surface area contributed by atoms with E-state index in [1.807, 2.05) is 0 Å². The zero-order chi connectivity index (χ0) is 13.7. The smallest absolute Gasteiger partial charge is 0.308 e. The molecule has 0 bridgehead atoms. The molecule has 0 spiro atoms. The van der Waals surface area contributed by atoms with Gasteiger partial charge in [-0.15, -0.1) is 0 Å². The Morgan fingerprint density at radius 2 is 1.74 bits per heavy atom. The third-order valence-corrected chi connectivity index (χ3v) is 4.94. The van der Waals surface area contributed by atoms with Gasteiger partial charge in [0.05, 0.1) is 25.2 Å². The van der Waals surface area contributed by atoms with Crippen molar-refractivity contribution in [2.75, 3.05) is 7.11 Å². The minimum absolute atomic E-state index is 0.0393. The van der Waals surface area contributed by atoms with Crippen LogP contribution in [0, 0.1) is 11.8 Å². The zero-order valence-corrected chi connectivity index (χ0v) is 12.4. The van der Waals surface area contributed by atoms with Gasteiger partial charge in [0.15, 0.2) is 0 Å². The summed E-state index contributed by atoms with van der Waals surface area (Å²) in [4.78, 5) is 11.5. The summed E-state index contributed by atoms with van der Waals surface area (Å²) in [5.74, 6) is 0.827. The Labute approximate surface area is 117 Å². The average Bonchev–Trinajstić information content (AvgIpc) is 2.48. The van der Waals surface area contributed by atoms with E-state index in [1.165, 1.54) is 39.2 Å². The van der Waals surface area contributed by atoms with Crippen LogP contribution >= 0.6 is 0 Å². The van der Waals surface area contributed by atoms with E-state index in [2.05, 4.69) is 6.92 Å². The number of rotatable bonds is 4. The van der Waals surface area contributed by atoms with Crippen molar-refractivity contribution in [1.29, 1.82) is 0 Å². The van der Waals surface area contributed by atoms with Gasteiger partial charge in [-0.05, 0) is 44.4 Å². The van der Waals surface area contributed by atoms with E-state index < -0.39 is 0 Å². The summed E-state index contributed by atoms with van der Waals surface area (Å²) in [5, 5.41) is 0. The van der Waals surface area contributed by atoms with Crippen molar-refractivity contribution < 1.29 is 14.3 Å². The predicted molar refractivity (Wildman–Crippen MR) is 74.9 cm³/mol. The third-order valence-electron chi connectivity index (χ3n) is 4.94. The molecule has 19 heavy (non-hydrogen) atoms. The van der Waals surface area contributed by atoms with Crippen LogP contribution in [0.25, 0.3) is 0 Å². The predicted octanol–water partition coefficient (Wildman–Crippen LogP) is 3.70. The molecule has 2 aliphatic rings. The van der Waals surface area contributed by atoms with Crippen LogP contribution in [0.3, 0.4) is 0 Å². The minimum atomic E-state index is -0.0393. The van der Waals surface area contributed by atoms with Crippen molar-refractivity contribution in [3.05, 3.63) is 0 Å². The second-order valence-electron chi connectivity index (χ2n) is 6.12. The van der Waals surface area contributed by atoms with Gasteiger partial charge in [0.2, 0.25) is 0 Å². The van der Waals surface area contributed by atoms with Gasteiger partial charge in [0, 0.05) is 0 Å². The van der Waals surface area contributed by atoms with Crippen LogP contribution < -0.4 is 0 Å². The average molecular weight is 268 g/mol. The highest BCUT2D eigenvalue weighted by Gasteiger charge is 2.31. The summed E-state index contributed by atoms with van der Waals surface area (Å²) in [6.45, 7) is 2.28. The second kappa shape index (κ2) is 7.28. The van der Waals surface area contributed by atoms with E-state index >= 15 is 0 Å². The molecule has 0 radical (unpaired) electrons. The molecule has 0 aromatic rings. The number of methoxy groups -OCH3 is 1. The number of ether oxygens (including phenoxy) is 2. The van der Waals surface area contributed by atoms with Crippen molar-refractivity contribution in [2.45, 2.75) is 76.9 Å². The Bertz CT molecular complexity index is 282. The maximum atomic E-state index is 11.5. The Hall–Kier alpha value is -0.570. The van der Waals surface area contributed by atoms with E-state index in [-0.39, 0.29) is 11.9 Å². The molecule has 3 nitrogen and oxygen atoms in total. The monoisotopic (exact) mass is 268 g/mol. The first-order chi connectivity index (χ1) is 9.24. The summed E-state index contributed by atoms with van der Waals surface area (Å²) in [6.07, 6.45) is 11.2. The SMILES string of the molecule is CCC1CCCCC1OC1CCC(C(=O)OC)CC1. The van der Waals surface area contributed by atoms with Crippen LogP contribution in [-0.2, 0) is 14.3 Å². The van der Waals surface area contributed by atoms with Gasteiger partial charge < -0.3 is 9.47 Å². The molecule has 0 amide bonds. The van der Waals surface area contributed by atoms with Crippen LogP contribution in [-0.4, -0.2) is 25.3 Å². The van der Waals surface area contributed by atoms with Gasteiger partial charge in [-0.3, -0.25) is 4.79 Å². The molecule has 0 N–H and O–H groups in total. The van der Waals surface area contributed by atoms with Crippen LogP contribution in [0.5, 0.6) is 0 Å². The summed E-state index contributed by atoms with van der Waals surface area (Å²) >= 11 is 0. The fourth-order valence-electron chi connectivity index (χ4n) is 3.67. The van der Waals surface area contributed by atoms with Crippen LogP contribution in [0.1, 0.15) is 64.7 Å². The Balaban J connectivity index is 1.77. The molecule has 2 saturated carbocycles. The molecule has 2 rings (SSSR count). The first kappa shape index (κ1) is 14.8. The van der Waals surface area contributed by atoms with Crippen LogP contribution in [0.15, 0.2) is 0 Å². The maximum absolute atomic E-state index is 11.5. The van der Waals surface area contributed by atoms with Gasteiger partial charge >= 0.3 is 5.97 Å². The van der Waals surface area contributed by atoms with Crippen molar-refractivity contribution in [1.82, 2.24) is 0 Å². The summed E-state index contributed by atoms with van der Waals surface area (Å²) in [5.41, 5.74) is 0. The lowest BCUT2D eigenvalue weighted by atomic mass is 9.83. The second-order valence-corrected chi connectivity index (χ2v) is 6.12. The Morgan fingerprint density at radius 1 is 1.05 bits per heavy atom. The Morgan fingerprint density at radius 3 is 2.37 bits per heavy atom. The third kappa shape index (κ3) is 3.95. The zero-order valence-electron chi connectivity index (χ0n) is 12.4. The molecule has 2 atom stereocenters. The largest absolute Gasteiger partial charge is 0.469 e. The van der Waals surface area contributed by atoms with Gasteiger partial charge in [-0.1, -0.05) is 26.2 Å². The number of hydrogen-bond acceptors (Lipinski definition) is 3. The molecule has 0 heterocycles. The van der Waals surface area contributed by atoms with E-state index in [9.17, 15) is 4.79 Å². The molecule has 110 valence electrons. The molecule has 0 aliphatic heterocycles. The van der Waals surface area contributed by atoms with Crippen molar-refractivity contribution >= 4 is 5.97 Å². The first-order valence-electron chi connectivity index (χ1n) is 7.97. The van der Waals surface area contributed by atoms with Crippen LogP contribution in [0.4, 0.5) is 0 Å². The molecule has 2 unspecified atom stereocenters. The first-order valence-corrected chi connectivity index (χ1v) is 7.97. The molecule has 0 saturated heterocycles. The van der Waals surface area contributed by atoms with Crippen molar-refractivity contribution in [3.63, 3.8) is 0 Å². The molecule has 2 aliphatic carbocycles. The normalized spacial score (nSPS) is 35.9. The highest BCUT2D eigenvalue weighted by Crippen LogP contribution is 2.34. The number of esters is 1. The van der Waals surface area contributed by atoms with Crippen molar-refractivity contribution in [3.8, 4) is 0 Å². The molecule has 0 aromatic carbocycles. The standard InChI is InChI=1S/C16H28O3/c1-3-12-6-4-5-7-15(12)19-14-10-8-13(9-11-14)16(17)18-2/h12-15H,3-11H2,1-2H3. The summed E-state index contributed by atoms with van der Waals surface area (Å²) in [7, 11) is 1.48. The summed E-state index contributed by atoms with van der Waals surface area (Å²) in [6, 6.07) is 0.